The van der Waals surface area contributed by atoms with Crippen LogP contribution < -0.4 is 5.46 Å². The second-order valence-corrected chi connectivity index (χ2v) is 6.12. The van der Waals surface area contributed by atoms with Crippen LogP contribution in [0.5, 0.6) is 0 Å². The van der Waals surface area contributed by atoms with Crippen LogP contribution in [0.2, 0.25) is 0 Å². The van der Waals surface area contributed by atoms with E-state index in [4.69, 9.17) is 9.31 Å². The Kier molecular flexibility index (Phi) is 2.56. The predicted octanol–water partition coefficient (Wildman–Crippen LogP) is 1.94. The normalized spacial score (nSPS) is 21.2. The molecule has 100 valence electrons. The van der Waals surface area contributed by atoms with Gasteiger partial charge >= 0.3 is 7.12 Å². The number of hydrogen-bond acceptors (Lipinski definition) is 3. The first kappa shape index (κ1) is 12.7. The third-order valence-corrected chi connectivity index (χ3v) is 4.25. The SMILES string of the molecule is Cc1nn2ccccc2c1B1OC(C)(C)C(C)(C)O1. The minimum Gasteiger partial charge on any atom is -0.399 e. The molecule has 3 heterocycles. The Bertz CT molecular complexity index is 617. The van der Waals surface area contributed by atoms with Crippen molar-refractivity contribution in [3.63, 3.8) is 0 Å². The first-order valence-corrected chi connectivity index (χ1v) is 6.61. The van der Waals surface area contributed by atoms with Gasteiger partial charge in [-0.25, -0.2) is 4.52 Å². The standard InChI is InChI=1S/C14H19BN2O2/c1-10-12(11-8-6-7-9-17(11)16-10)15-18-13(2,3)14(4,5)19-15/h6-9H,1-5H3. The molecule has 0 aromatic carbocycles. The van der Waals surface area contributed by atoms with Crippen molar-refractivity contribution in [3.05, 3.63) is 30.1 Å². The molecule has 0 bridgehead atoms. The zero-order valence-corrected chi connectivity index (χ0v) is 12.1. The molecule has 5 heteroatoms. The highest BCUT2D eigenvalue weighted by Gasteiger charge is 2.52. The zero-order valence-electron chi connectivity index (χ0n) is 12.1. The lowest BCUT2D eigenvalue weighted by molar-refractivity contribution is 0.00578. The van der Waals surface area contributed by atoms with Crippen molar-refractivity contribution in [3.8, 4) is 0 Å². The summed E-state index contributed by atoms with van der Waals surface area (Å²) in [6.45, 7) is 10.2. The van der Waals surface area contributed by atoms with Crippen molar-refractivity contribution in [1.29, 1.82) is 0 Å². The third kappa shape index (κ3) is 1.80. The van der Waals surface area contributed by atoms with Crippen LogP contribution in [0.25, 0.3) is 5.52 Å². The first-order chi connectivity index (χ1) is 8.82. The van der Waals surface area contributed by atoms with Crippen LogP contribution in [-0.2, 0) is 9.31 Å². The van der Waals surface area contributed by atoms with Gasteiger partial charge in [0.25, 0.3) is 0 Å². The van der Waals surface area contributed by atoms with Crippen LogP contribution in [0.15, 0.2) is 24.4 Å². The summed E-state index contributed by atoms with van der Waals surface area (Å²) in [4.78, 5) is 0. The molecule has 1 aliphatic rings. The van der Waals surface area contributed by atoms with Crippen LogP contribution >= 0.6 is 0 Å². The van der Waals surface area contributed by atoms with E-state index in [9.17, 15) is 0 Å². The van der Waals surface area contributed by atoms with E-state index in [0.29, 0.717) is 0 Å². The molecule has 1 saturated heterocycles. The minimum absolute atomic E-state index is 0.326. The summed E-state index contributed by atoms with van der Waals surface area (Å²) < 4.78 is 14.1. The van der Waals surface area contributed by atoms with E-state index in [2.05, 4.69) is 32.8 Å². The molecule has 3 rings (SSSR count). The molecule has 2 aromatic rings. The molecular formula is C14H19BN2O2. The number of rotatable bonds is 1. The van der Waals surface area contributed by atoms with Gasteiger partial charge in [0, 0.05) is 11.7 Å². The summed E-state index contributed by atoms with van der Waals surface area (Å²) in [6, 6.07) is 6.01. The molecular weight excluding hydrogens is 239 g/mol. The molecule has 4 nitrogen and oxygen atoms in total. The number of hydrogen-bond donors (Lipinski definition) is 0. The Morgan fingerprint density at radius 1 is 1.11 bits per heavy atom. The number of nitrogens with zero attached hydrogens (tertiary/aromatic N) is 2. The van der Waals surface area contributed by atoms with E-state index in [-0.39, 0.29) is 18.3 Å². The maximum Gasteiger partial charge on any atom is 0.499 e. The topological polar surface area (TPSA) is 35.8 Å². The van der Waals surface area contributed by atoms with Gasteiger partial charge in [-0.1, -0.05) is 6.07 Å². The molecule has 0 N–H and O–H groups in total. The molecule has 0 saturated carbocycles. The highest BCUT2D eigenvalue weighted by Crippen LogP contribution is 2.36. The molecule has 1 aliphatic heterocycles. The Morgan fingerprint density at radius 3 is 2.37 bits per heavy atom. The van der Waals surface area contributed by atoms with Crippen molar-refractivity contribution in [2.75, 3.05) is 0 Å². The summed E-state index contributed by atoms with van der Waals surface area (Å²) in [5.74, 6) is 0. The molecule has 0 unspecified atom stereocenters. The fourth-order valence-corrected chi connectivity index (χ4v) is 2.39. The van der Waals surface area contributed by atoms with E-state index >= 15 is 0 Å². The van der Waals surface area contributed by atoms with Gasteiger partial charge in [-0.15, -0.1) is 0 Å². The zero-order chi connectivity index (χ0) is 13.8. The Hall–Kier alpha value is -1.33. The highest BCUT2D eigenvalue weighted by molar-refractivity contribution is 6.64. The third-order valence-electron chi connectivity index (χ3n) is 4.25. The largest absolute Gasteiger partial charge is 0.499 e. The van der Waals surface area contributed by atoms with E-state index in [1.165, 1.54) is 0 Å². The van der Waals surface area contributed by atoms with Crippen molar-refractivity contribution >= 4 is 18.1 Å². The van der Waals surface area contributed by atoms with Crippen LogP contribution in [0, 0.1) is 6.92 Å². The van der Waals surface area contributed by atoms with Crippen LogP contribution in [0.4, 0.5) is 0 Å². The summed E-state index contributed by atoms with van der Waals surface area (Å²) in [5, 5.41) is 4.51. The maximum atomic E-state index is 6.12. The van der Waals surface area contributed by atoms with E-state index in [0.717, 1.165) is 16.7 Å². The van der Waals surface area contributed by atoms with E-state index in [1.54, 1.807) is 0 Å². The second-order valence-electron chi connectivity index (χ2n) is 6.12. The molecule has 0 amide bonds. The molecule has 0 aliphatic carbocycles. The van der Waals surface area contributed by atoms with Crippen molar-refractivity contribution in [1.82, 2.24) is 9.61 Å². The summed E-state index contributed by atoms with van der Waals surface area (Å²) in [5.41, 5.74) is 2.36. The van der Waals surface area contributed by atoms with Crippen LogP contribution in [0.3, 0.4) is 0 Å². The molecule has 0 spiro atoms. The number of aryl methyl sites for hydroxylation is 1. The average molecular weight is 258 g/mol. The van der Waals surface area contributed by atoms with Gasteiger partial charge in [-0.3, -0.25) is 0 Å². The summed E-state index contributed by atoms with van der Waals surface area (Å²) in [7, 11) is -0.357. The second kappa shape index (κ2) is 3.84. The monoisotopic (exact) mass is 258 g/mol. The lowest BCUT2D eigenvalue weighted by Gasteiger charge is -2.32. The average Bonchev–Trinajstić information content (AvgIpc) is 2.72. The van der Waals surface area contributed by atoms with Crippen LogP contribution in [-0.4, -0.2) is 27.9 Å². The lowest BCUT2D eigenvalue weighted by atomic mass is 9.78. The smallest absolute Gasteiger partial charge is 0.399 e. The van der Waals surface area contributed by atoms with Crippen molar-refractivity contribution in [2.24, 2.45) is 0 Å². The highest BCUT2D eigenvalue weighted by atomic mass is 16.7. The number of fused-ring (bicyclic) bond motifs is 1. The molecule has 2 aromatic heterocycles. The molecule has 0 radical (unpaired) electrons. The van der Waals surface area contributed by atoms with Crippen molar-refractivity contribution < 1.29 is 9.31 Å². The molecule has 1 fully saturated rings. The fraction of sp³-hybridized carbons (Fsp3) is 0.500. The lowest BCUT2D eigenvalue weighted by Crippen LogP contribution is -2.41. The number of aromatic nitrogens is 2. The summed E-state index contributed by atoms with van der Waals surface area (Å²) in [6.07, 6.45) is 1.94. The Labute approximate surface area is 113 Å². The quantitative estimate of drug-likeness (QED) is 0.733. The van der Waals surface area contributed by atoms with Crippen LogP contribution in [0.1, 0.15) is 33.4 Å². The maximum absolute atomic E-state index is 6.12. The van der Waals surface area contributed by atoms with E-state index < -0.39 is 0 Å². The van der Waals surface area contributed by atoms with Crippen molar-refractivity contribution in [2.45, 2.75) is 45.8 Å². The molecule has 0 atom stereocenters. The predicted molar refractivity (Wildman–Crippen MR) is 75.6 cm³/mol. The Morgan fingerprint density at radius 2 is 1.74 bits per heavy atom. The minimum atomic E-state index is -0.357. The van der Waals surface area contributed by atoms with Gasteiger partial charge in [0.15, 0.2) is 0 Å². The first-order valence-electron chi connectivity index (χ1n) is 6.61. The van der Waals surface area contributed by atoms with E-state index in [1.807, 2.05) is 35.8 Å². The summed E-state index contributed by atoms with van der Waals surface area (Å²) >= 11 is 0. The Balaban J connectivity index is 2.10. The van der Waals surface area contributed by atoms with Gasteiger partial charge < -0.3 is 9.31 Å². The molecule has 19 heavy (non-hydrogen) atoms. The van der Waals surface area contributed by atoms with Gasteiger partial charge in [0.05, 0.1) is 22.4 Å². The van der Waals surface area contributed by atoms with Gasteiger partial charge in [0.1, 0.15) is 0 Å². The fourth-order valence-electron chi connectivity index (χ4n) is 2.39. The van der Waals surface area contributed by atoms with Gasteiger partial charge in [-0.05, 0) is 46.8 Å². The van der Waals surface area contributed by atoms with Gasteiger partial charge in [0.2, 0.25) is 0 Å². The number of pyridine rings is 1. The van der Waals surface area contributed by atoms with Gasteiger partial charge in [-0.2, -0.15) is 5.10 Å².